The van der Waals surface area contributed by atoms with E-state index >= 15 is 0 Å². The summed E-state index contributed by atoms with van der Waals surface area (Å²) in [6.07, 6.45) is 0. The van der Waals surface area contributed by atoms with Gasteiger partial charge in [-0.2, -0.15) is 0 Å². The Kier molecular flexibility index (Phi) is 3.31. The molecule has 0 bridgehead atoms. The second-order valence-corrected chi connectivity index (χ2v) is 5.38. The van der Waals surface area contributed by atoms with Crippen LogP contribution in [-0.4, -0.2) is 15.3 Å². The fraction of sp³-hybridized carbons (Fsp3) is 0. The van der Waals surface area contributed by atoms with Gasteiger partial charge in [-0.05, 0) is 23.6 Å². The van der Waals surface area contributed by atoms with Crippen molar-refractivity contribution < 1.29 is 9.84 Å². The van der Waals surface area contributed by atoms with E-state index in [4.69, 9.17) is 4.74 Å². The number of ether oxygens (including phenoxy) is 1. The maximum Gasteiger partial charge on any atom is 0.307 e. The third kappa shape index (κ3) is 2.32. The molecular weight excluding hydrogens is 304 g/mol. The topological polar surface area (TPSA) is 78.1 Å². The Hall–Kier alpha value is -3.47. The number of hydrogen-bond acceptors (Lipinski definition) is 3. The first kappa shape index (κ1) is 14.1. The molecule has 118 valence electrons. The highest BCUT2D eigenvalue weighted by Crippen LogP contribution is 2.38. The minimum Gasteiger partial charge on any atom is -0.507 e. The Labute approximate surface area is 137 Å². The number of fused-ring (bicyclic) bond motifs is 1. The average molecular weight is 318 g/mol. The van der Waals surface area contributed by atoms with E-state index in [1.165, 1.54) is 0 Å². The maximum atomic E-state index is 12.1. The minimum atomic E-state index is -0.388. The summed E-state index contributed by atoms with van der Waals surface area (Å²) < 4.78 is 5.72. The van der Waals surface area contributed by atoms with Crippen LogP contribution in [0.5, 0.6) is 17.2 Å². The van der Waals surface area contributed by atoms with Crippen LogP contribution in [-0.2, 0) is 0 Å². The molecule has 24 heavy (non-hydrogen) atoms. The van der Waals surface area contributed by atoms with Gasteiger partial charge in [0.05, 0.1) is 0 Å². The highest BCUT2D eigenvalue weighted by molar-refractivity contribution is 5.94. The van der Waals surface area contributed by atoms with Crippen LogP contribution in [0.3, 0.4) is 0 Å². The van der Waals surface area contributed by atoms with Gasteiger partial charge in [0.25, 0.3) is 0 Å². The zero-order valence-corrected chi connectivity index (χ0v) is 12.6. The molecule has 0 aliphatic heterocycles. The third-order valence-corrected chi connectivity index (χ3v) is 3.87. The number of nitrogens with one attached hydrogen (secondary N) is 2. The molecule has 3 aromatic carbocycles. The van der Waals surface area contributed by atoms with Crippen LogP contribution in [0.1, 0.15) is 0 Å². The number of phenols is 1. The number of rotatable bonds is 3. The molecular formula is C19H14N2O3. The van der Waals surface area contributed by atoms with Gasteiger partial charge in [-0.1, -0.05) is 48.5 Å². The Morgan fingerprint density at radius 2 is 1.58 bits per heavy atom. The predicted octanol–water partition coefficient (Wildman–Crippen LogP) is 4.02. The molecule has 3 N–H and O–H groups in total. The smallest absolute Gasteiger partial charge is 0.307 e. The van der Waals surface area contributed by atoms with Crippen LogP contribution in [0.25, 0.3) is 22.0 Å². The van der Waals surface area contributed by atoms with Gasteiger partial charge >= 0.3 is 5.56 Å². The predicted molar refractivity (Wildman–Crippen MR) is 92.5 cm³/mol. The van der Waals surface area contributed by atoms with Crippen molar-refractivity contribution in [1.82, 2.24) is 10.2 Å². The Morgan fingerprint density at radius 1 is 0.833 bits per heavy atom. The van der Waals surface area contributed by atoms with E-state index in [9.17, 15) is 9.90 Å². The number of phenolic OH excluding ortho intramolecular Hbond substituents is 1. The lowest BCUT2D eigenvalue weighted by molar-refractivity contribution is 0.474. The van der Waals surface area contributed by atoms with Crippen LogP contribution >= 0.6 is 0 Å². The van der Waals surface area contributed by atoms with E-state index in [1.54, 1.807) is 18.2 Å². The third-order valence-electron chi connectivity index (χ3n) is 3.87. The molecule has 0 saturated carbocycles. The summed E-state index contributed by atoms with van der Waals surface area (Å²) in [6.45, 7) is 0. The number of H-pyrrole nitrogens is 2. The molecule has 5 heteroatoms. The van der Waals surface area contributed by atoms with Crippen molar-refractivity contribution in [2.24, 2.45) is 0 Å². The lowest BCUT2D eigenvalue weighted by Gasteiger charge is -2.09. The lowest BCUT2D eigenvalue weighted by atomic mass is 10.0. The van der Waals surface area contributed by atoms with E-state index < -0.39 is 0 Å². The van der Waals surface area contributed by atoms with E-state index in [0.717, 1.165) is 5.39 Å². The molecule has 0 aliphatic carbocycles. The van der Waals surface area contributed by atoms with Gasteiger partial charge in [0.1, 0.15) is 17.2 Å². The number of benzene rings is 3. The van der Waals surface area contributed by atoms with E-state index in [0.29, 0.717) is 22.4 Å². The van der Waals surface area contributed by atoms with E-state index in [2.05, 4.69) is 10.2 Å². The molecule has 4 aromatic rings. The van der Waals surface area contributed by atoms with E-state index in [1.807, 2.05) is 48.5 Å². The second kappa shape index (κ2) is 5.62. The van der Waals surface area contributed by atoms with Gasteiger partial charge < -0.3 is 9.84 Å². The number of aromatic amines is 2. The number of aromatic hydroxyl groups is 1. The van der Waals surface area contributed by atoms with Gasteiger partial charge in [-0.15, -0.1) is 0 Å². The largest absolute Gasteiger partial charge is 0.507 e. The molecule has 0 atom stereocenters. The highest BCUT2D eigenvalue weighted by Gasteiger charge is 2.18. The van der Waals surface area contributed by atoms with Crippen LogP contribution in [0.2, 0.25) is 0 Å². The van der Waals surface area contributed by atoms with Crippen molar-refractivity contribution in [3.8, 4) is 28.5 Å². The number of aromatic nitrogens is 2. The Morgan fingerprint density at radius 3 is 2.42 bits per heavy atom. The van der Waals surface area contributed by atoms with Crippen molar-refractivity contribution in [3.05, 3.63) is 77.1 Å². The van der Waals surface area contributed by atoms with Gasteiger partial charge in [0.2, 0.25) is 5.75 Å². The first-order valence-corrected chi connectivity index (χ1v) is 7.48. The van der Waals surface area contributed by atoms with Crippen molar-refractivity contribution >= 4 is 10.8 Å². The summed E-state index contributed by atoms with van der Waals surface area (Å²) in [5.41, 5.74) is 0.520. The van der Waals surface area contributed by atoms with Crippen molar-refractivity contribution in [1.29, 1.82) is 0 Å². The SMILES string of the molecule is O=c1[nH][nH]c(-c2ccc3ccccc3c2O)c1Oc1ccccc1. The number of para-hydroxylation sites is 1. The summed E-state index contributed by atoms with van der Waals surface area (Å²) in [5.74, 6) is 0.761. The van der Waals surface area contributed by atoms with E-state index in [-0.39, 0.29) is 17.1 Å². The summed E-state index contributed by atoms with van der Waals surface area (Å²) in [6, 6.07) is 20.2. The van der Waals surface area contributed by atoms with Gasteiger partial charge in [-0.25, -0.2) is 0 Å². The Balaban J connectivity index is 1.86. The average Bonchev–Trinajstić information content (AvgIpc) is 2.97. The first-order valence-electron chi connectivity index (χ1n) is 7.48. The quantitative estimate of drug-likeness (QED) is 0.534. The molecule has 1 heterocycles. The molecule has 5 nitrogen and oxygen atoms in total. The zero-order valence-electron chi connectivity index (χ0n) is 12.6. The molecule has 4 rings (SSSR count). The zero-order chi connectivity index (χ0) is 16.5. The van der Waals surface area contributed by atoms with Crippen molar-refractivity contribution in [2.75, 3.05) is 0 Å². The fourth-order valence-corrected chi connectivity index (χ4v) is 2.70. The lowest BCUT2D eigenvalue weighted by Crippen LogP contribution is -2.02. The van der Waals surface area contributed by atoms with Crippen LogP contribution < -0.4 is 10.3 Å². The highest BCUT2D eigenvalue weighted by atomic mass is 16.5. The number of hydrogen-bond donors (Lipinski definition) is 3. The monoisotopic (exact) mass is 318 g/mol. The summed E-state index contributed by atoms with van der Waals surface area (Å²) in [7, 11) is 0. The van der Waals surface area contributed by atoms with Gasteiger partial charge in [-0.3, -0.25) is 15.0 Å². The van der Waals surface area contributed by atoms with Crippen molar-refractivity contribution in [2.45, 2.75) is 0 Å². The molecule has 0 saturated heterocycles. The summed E-state index contributed by atoms with van der Waals surface area (Å²) >= 11 is 0. The van der Waals surface area contributed by atoms with Crippen LogP contribution in [0.15, 0.2) is 71.5 Å². The first-order chi connectivity index (χ1) is 11.7. The molecule has 0 radical (unpaired) electrons. The van der Waals surface area contributed by atoms with Gasteiger partial charge in [0.15, 0.2) is 0 Å². The standard InChI is InChI=1S/C19H14N2O3/c22-17-14-9-5-4-6-12(14)10-11-15(17)16-18(19(23)21-20-16)24-13-7-2-1-3-8-13/h1-11,22H,(H2,20,21,23). The van der Waals surface area contributed by atoms with Crippen LogP contribution in [0, 0.1) is 0 Å². The maximum absolute atomic E-state index is 12.1. The van der Waals surface area contributed by atoms with Crippen LogP contribution in [0.4, 0.5) is 0 Å². The van der Waals surface area contributed by atoms with Gasteiger partial charge in [0, 0.05) is 10.9 Å². The molecule has 0 spiro atoms. The molecule has 0 aliphatic rings. The summed E-state index contributed by atoms with van der Waals surface area (Å²) in [4.78, 5) is 12.1. The normalized spacial score (nSPS) is 10.8. The second-order valence-electron chi connectivity index (χ2n) is 5.38. The Bertz CT molecular complexity index is 1060. The molecule has 0 fully saturated rings. The minimum absolute atomic E-state index is 0.0984. The molecule has 1 aromatic heterocycles. The fourth-order valence-electron chi connectivity index (χ4n) is 2.70. The summed E-state index contributed by atoms with van der Waals surface area (Å²) in [5, 5.41) is 17.5. The molecule has 0 unspecified atom stereocenters. The van der Waals surface area contributed by atoms with Crippen molar-refractivity contribution in [3.63, 3.8) is 0 Å². The molecule has 0 amide bonds.